The van der Waals surface area contributed by atoms with Gasteiger partial charge in [0.25, 0.3) is 5.91 Å². The van der Waals surface area contributed by atoms with Crippen LogP contribution in [-0.4, -0.2) is 56.0 Å². The number of aryl methyl sites for hydroxylation is 1. The third kappa shape index (κ3) is 6.07. The summed E-state index contributed by atoms with van der Waals surface area (Å²) in [6.45, 7) is 10.3. The van der Waals surface area contributed by atoms with Crippen LogP contribution >= 0.6 is 0 Å². The van der Waals surface area contributed by atoms with Gasteiger partial charge in [0.05, 0.1) is 33.3 Å². The highest BCUT2D eigenvalue weighted by atomic mass is 16.5. The number of hydrogen-bond acceptors (Lipinski definition) is 3. The van der Waals surface area contributed by atoms with E-state index in [9.17, 15) is 9.59 Å². The van der Waals surface area contributed by atoms with Gasteiger partial charge in [0.15, 0.2) is 0 Å². The van der Waals surface area contributed by atoms with Gasteiger partial charge in [-0.2, -0.15) is 0 Å². The van der Waals surface area contributed by atoms with Crippen LogP contribution in [-0.2, 0) is 11.3 Å². The number of piperazine rings is 1. The SMILES string of the molecule is COc1ccc(C(=O)N[C@H](C(=O)N2CC[NH+](Cc3cccc(C)c3)CC2)C(C)C)cc1. The van der Waals surface area contributed by atoms with Crippen molar-refractivity contribution in [2.24, 2.45) is 5.92 Å². The molecule has 2 aromatic carbocycles. The molecule has 0 radical (unpaired) electrons. The molecule has 0 spiro atoms. The summed E-state index contributed by atoms with van der Waals surface area (Å²) in [5.41, 5.74) is 3.13. The largest absolute Gasteiger partial charge is 0.497 e. The van der Waals surface area contributed by atoms with Crippen LogP contribution in [0.1, 0.15) is 35.3 Å². The van der Waals surface area contributed by atoms with Gasteiger partial charge in [0, 0.05) is 11.1 Å². The minimum Gasteiger partial charge on any atom is -0.497 e. The van der Waals surface area contributed by atoms with Gasteiger partial charge in [-0.05, 0) is 37.1 Å². The van der Waals surface area contributed by atoms with Gasteiger partial charge >= 0.3 is 0 Å². The average Bonchev–Trinajstić information content (AvgIpc) is 2.77. The maximum absolute atomic E-state index is 13.2. The van der Waals surface area contributed by atoms with Gasteiger partial charge < -0.3 is 19.9 Å². The molecule has 1 heterocycles. The fraction of sp³-hybridized carbons (Fsp3) is 0.440. The molecule has 1 fully saturated rings. The molecule has 31 heavy (non-hydrogen) atoms. The number of amides is 2. The highest BCUT2D eigenvalue weighted by molar-refractivity contribution is 5.97. The molecule has 2 amide bonds. The van der Waals surface area contributed by atoms with Crippen LogP contribution in [0.3, 0.4) is 0 Å². The Labute approximate surface area is 185 Å². The minimum atomic E-state index is -0.534. The number of carbonyl (C=O) groups excluding carboxylic acids is 2. The highest BCUT2D eigenvalue weighted by Crippen LogP contribution is 2.13. The first kappa shape index (κ1) is 22.8. The topological polar surface area (TPSA) is 63.1 Å². The van der Waals surface area contributed by atoms with Crippen molar-refractivity contribution in [3.63, 3.8) is 0 Å². The zero-order valence-electron chi connectivity index (χ0n) is 19.0. The molecule has 166 valence electrons. The van der Waals surface area contributed by atoms with Gasteiger partial charge in [-0.25, -0.2) is 0 Å². The summed E-state index contributed by atoms with van der Waals surface area (Å²) in [6.07, 6.45) is 0. The molecule has 1 aliphatic heterocycles. The second-order valence-corrected chi connectivity index (χ2v) is 8.66. The Bertz CT molecular complexity index is 887. The van der Waals surface area contributed by atoms with E-state index in [4.69, 9.17) is 4.74 Å². The van der Waals surface area contributed by atoms with E-state index < -0.39 is 6.04 Å². The van der Waals surface area contributed by atoms with Crippen molar-refractivity contribution in [1.29, 1.82) is 0 Å². The zero-order chi connectivity index (χ0) is 22.4. The summed E-state index contributed by atoms with van der Waals surface area (Å²) in [7, 11) is 1.59. The Morgan fingerprint density at radius 1 is 1.10 bits per heavy atom. The van der Waals surface area contributed by atoms with Gasteiger partial charge in [0.1, 0.15) is 18.3 Å². The smallest absolute Gasteiger partial charge is 0.251 e. The second-order valence-electron chi connectivity index (χ2n) is 8.66. The quantitative estimate of drug-likeness (QED) is 0.711. The maximum atomic E-state index is 13.2. The summed E-state index contributed by atoms with van der Waals surface area (Å²) in [4.78, 5) is 29.3. The lowest BCUT2D eigenvalue weighted by Gasteiger charge is -2.35. The fourth-order valence-electron chi connectivity index (χ4n) is 4.01. The van der Waals surface area contributed by atoms with E-state index in [2.05, 4.69) is 36.5 Å². The molecule has 2 N–H and O–H groups in total. The van der Waals surface area contributed by atoms with Gasteiger partial charge in [-0.3, -0.25) is 9.59 Å². The molecule has 1 aliphatic rings. The highest BCUT2D eigenvalue weighted by Gasteiger charge is 2.32. The first-order chi connectivity index (χ1) is 14.9. The van der Waals surface area contributed by atoms with Crippen LogP contribution in [0, 0.1) is 12.8 Å². The normalized spacial score (nSPS) is 15.6. The fourth-order valence-corrected chi connectivity index (χ4v) is 4.01. The van der Waals surface area contributed by atoms with Crippen molar-refractivity contribution in [3.05, 3.63) is 65.2 Å². The third-order valence-corrected chi connectivity index (χ3v) is 5.89. The number of hydrogen-bond donors (Lipinski definition) is 2. The van der Waals surface area contributed by atoms with E-state index in [1.807, 2.05) is 18.7 Å². The third-order valence-electron chi connectivity index (χ3n) is 5.89. The van der Waals surface area contributed by atoms with Gasteiger partial charge in [-0.1, -0.05) is 43.7 Å². The molecular weight excluding hydrogens is 390 g/mol. The molecule has 1 saturated heterocycles. The van der Waals surface area contributed by atoms with Crippen molar-refractivity contribution < 1.29 is 19.2 Å². The van der Waals surface area contributed by atoms with Crippen LogP contribution in [0.5, 0.6) is 5.75 Å². The molecular formula is C25H34N3O3+. The van der Waals surface area contributed by atoms with E-state index in [1.54, 1.807) is 31.4 Å². The number of carbonyl (C=O) groups is 2. The van der Waals surface area contributed by atoms with Crippen LogP contribution in [0.2, 0.25) is 0 Å². The van der Waals surface area contributed by atoms with Crippen molar-refractivity contribution in [3.8, 4) is 5.75 Å². The molecule has 0 aromatic heterocycles. The molecule has 0 aliphatic carbocycles. The lowest BCUT2D eigenvalue weighted by molar-refractivity contribution is -0.917. The summed E-state index contributed by atoms with van der Waals surface area (Å²) in [6, 6.07) is 15.0. The van der Waals surface area contributed by atoms with E-state index in [1.165, 1.54) is 16.0 Å². The molecule has 6 heteroatoms. The average molecular weight is 425 g/mol. The van der Waals surface area contributed by atoms with E-state index in [-0.39, 0.29) is 17.7 Å². The Morgan fingerprint density at radius 3 is 2.35 bits per heavy atom. The number of ether oxygens (including phenoxy) is 1. The molecule has 1 atom stereocenters. The summed E-state index contributed by atoms with van der Waals surface area (Å²) < 4.78 is 5.14. The zero-order valence-corrected chi connectivity index (χ0v) is 19.0. The Morgan fingerprint density at radius 2 is 1.77 bits per heavy atom. The monoisotopic (exact) mass is 424 g/mol. The maximum Gasteiger partial charge on any atom is 0.251 e. The number of rotatable bonds is 7. The Kier molecular flexibility index (Phi) is 7.69. The van der Waals surface area contributed by atoms with Crippen LogP contribution in [0.25, 0.3) is 0 Å². The molecule has 0 unspecified atom stereocenters. The van der Waals surface area contributed by atoms with Gasteiger partial charge in [-0.15, -0.1) is 0 Å². The number of methoxy groups -OCH3 is 1. The molecule has 6 nitrogen and oxygen atoms in total. The number of quaternary nitrogens is 1. The first-order valence-electron chi connectivity index (χ1n) is 11.0. The van der Waals surface area contributed by atoms with E-state index in [0.717, 1.165) is 19.6 Å². The second kappa shape index (κ2) is 10.4. The van der Waals surface area contributed by atoms with Crippen molar-refractivity contribution >= 4 is 11.8 Å². The minimum absolute atomic E-state index is 0.00599. The van der Waals surface area contributed by atoms with Crippen LogP contribution in [0.4, 0.5) is 0 Å². The Hall–Kier alpha value is -2.86. The first-order valence-corrected chi connectivity index (χ1v) is 11.0. The summed E-state index contributed by atoms with van der Waals surface area (Å²) in [5.74, 6) is 0.469. The Balaban J connectivity index is 1.57. The predicted octanol–water partition coefficient (Wildman–Crippen LogP) is 1.69. The molecule has 0 bridgehead atoms. The van der Waals surface area contributed by atoms with Crippen LogP contribution in [0.15, 0.2) is 48.5 Å². The number of nitrogens with zero attached hydrogens (tertiary/aromatic N) is 1. The predicted molar refractivity (Wildman–Crippen MR) is 121 cm³/mol. The van der Waals surface area contributed by atoms with Crippen molar-refractivity contribution in [2.45, 2.75) is 33.4 Å². The molecule has 2 aromatic rings. The van der Waals surface area contributed by atoms with Gasteiger partial charge in [0.2, 0.25) is 5.91 Å². The standard InChI is InChI=1S/C25H33N3O3/c1-18(2)23(26-24(29)21-8-10-22(31-4)11-9-21)25(30)28-14-12-27(13-15-28)17-20-7-5-6-19(3)16-20/h5-11,16,18,23H,12-15,17H2,1-4H3,(H,26,29)/p+1/t23-/m0/s1. The molecule has 3 rings (SSSR count). The summed E-state index contributed by atoms with van der Waals surface area (Å²) >= 11 is 0. The number of nitrogens with one attached hydrogen (secondary N) is 2. The van der Waals surface area contributed by atoms with Crippen molar-refractivity contribution in [1.82, 2.24) is 10.2 Å². The number of benzene rings is 2. The lowest BCUT2D eigenvalue weighted by atomic mass is 10.0. The summed E-state index contributed by atoms with van der Waals surface area (Å²) in [5, 5.41) is 2.95. The van der Waals surface area contributed by atoms with E-state index >= 15 is 0 Å². The lowest BCUT2D eigenvalue weighted by Crippen LogP contribution is -3.13. The van der Waals surface area contributed by atoms with E-state index in [0.29, 0.717) is 24.4 Å². The molecule has 0 saturated carbocycles. The van der Waals surface area contributed by atoms with Crippen molar-refractivity contribution in [2.75, 3.05) is 33.3 Å². The van der Waals surface area contributed by atoms with Crippen LogP contribution < -0.4 is 15.0 Å².